The third kappa shape index (κ3) is 5.86. The number of hydrogen-bond acceptors (Lipinski definition) is 8. The molecule has 2 fully saturated rings. The number of carboxylic acids is 1. The van der Waals surface area contributed by atoms with E-state index in [1.165, 1.54) is 11.3 Å². The first-order valence-corrected chi connectivity index (χ1v) is 16.5. The first-order chi connectivity index (χ1) is 21.6. The van der Waals surface area contributed by atoms with E-state index in [-0.39, 0.29) is 0 Å². The Labute approximate surface area is 270 Å². The third-order valence-electron chi connectivity index (χ3n) is 8.74. The number of ether oxygens (including phenoxy) is 2. The van der Waals surface area contributed by atoms with Crippen LogP contribution in [0.2, 0.25) is 5.02 Å². The molecule has 234 valence electrons. The number of aromatic nitrogens is 4. The highest BCUT2D eigenvalue weighted by molar-refractivity contribution is 7.22. The molecule has 2 N–H and O–H groups in total. The summed E-state index contributed by atoms with van der Waals surface area (Å²) in [5, 5.41) is 19.6. The molecule has 0 bridgehead atoms. The van der Waals surface area contributed by atoms with Crippen LogP contribution in [0.4, 0.5) is 0 Å². The number of fused-ring (bicyclic) bond motifs is 2. The summed E-state index contributed by atoms with van der Waals surface area (Å²) < 4.78 is 12.4. The van der Waals surface area contributed by atoms with Gasteiger partial charge in [-0.05, 0) is 95.1 Å². The molecule has 9 nitrogen and oxygen atoms in total. The minimum atomic E-state index is -1.17. The molecule has 2 aliphatic heterocycles. The maximum Gasteiger partial charge on any atom is 0.337 e. The molecule has 45 heavy (non-hydrogen) atoms. The number of aromatic amines is 1. The van der Waals surface area contributed by atoms with Gasteiger partial charge in [-0.2, -0.15) is 5.10 Å². The molecule has 0 saturated carbocycles. The molecular formula is C34H36ClN5O4S. The summed E-state index contributed by atoms with van der Waals surface area (Å²) in [5.74, 6) is -0.679. The topological polar surface area (TPSA) is 113 Å². The van der Waals surface area contributed by atoms with Crippen molar-refractivity contribution < 1.29 is 19.4 Å². The van der Waals surface area contributed by atoms with Crippen LogP contribution in [0.1, 0.15) is 62.5 Å². The van der Waals surface area contributed by atoms with Crippen LogP contribution < -0.4 is 0 Å². The largest absolute Gasteiger partial charge is 0.479 e. The van der Waals surface area contributed by atoms with Crippen molar-refractivity contribution in [3.63, 3.8) is 0 Å². The Balaban J connectivity index is 1.31. The van der Waals surface area contributed by atoms with Crippen LogP contribution in [-0.4, -0.2) is 74.1 Å². The van der Waals surface area contributed by atoms with Crippen LogP contribution in [-0.2, 0) is 14.3 Å². The van der Waals surface area contributed by atoms with E-state index in [0.717, 1.165) is 93.5 Å². The van der Waals surface area contributed by atoms with Crippen LogP contribution >= 0.6 is 22.9 Å². The van der Waals surface area contributed by atoms with E-state index in [0.29, 0.717) is 22.5 Å². The lowest BCUT2D eigenvalue weighted by Crippen LogP contribution is -2.51. The predicted octanol–water partition coefficient (Wildman–Crippen LogP) is 7.38. The van der Waals surface area contributed by atoms with E-state index in [1.807, 2.05) is 70.2 Å². The Bertz CT molecular complexity index is 1880. The molecule has 0 amide bonds. The Morgan fingerprint density at radius 3 is 2.49 bits per heavy atom. The number of halogens is 1. The SMILES string of the molecule is Cc1cc2nc(-c3ccc4n[nH]c(C5CCN(C6COC6)CC5)c4n3)sc2c(-c2ccc(Cl)cc2)c1[C@H](OC(C)(C)C)C(=O)O. The number of hydrogen-bond donors (Lipinski definition) is 2. The number of benzene rings is 2. The second kappa shape index (κ2) is 11.7. The van der Waals surface area contributed by atoms with E-state index in [2.05, 4.69) is 15.1 Å². The number of aryl methyl sites for hydroxylation is 1. The number of pyridine rings is 1. The molecule has 0 unspecified atom stereocenters. The van der Waals surface area contributed by atoms with Crippen LogP contribution in [0.25, 0.3) is 43.1 Å². The summed E-state index contributed by atoms with van der Waals surface area (Å²) in [6, 6.07) is 13.9. The highest BCUT2D eigenvalue weighted by Gasteiger charge is 2.33. The lowest BCUT2D eigenvalue weighted by Gasteiger charge is -2.41. The molecule has 0 spiro atoms. The fraction of sp³-hybridized carbons (Fsp3) is 0.412. The van der Waals surface area contributed by atoms with Crippen molar-refractivity contribution in [3.05, 3.63) is 64.3 Å². The van der Waals surface area contributed by atoms with Gasteiger partial charge in [-0.1, -0.05) is 23.7 Å². The average molecular weight is 646 g/mol. The quantitative estimate of drug-likeness (QED) is 0.188. The number of rotatable bonds is 7. The molecule has 5 heterocycles. The normalized spacial score (nSPS) is 17.6. The van der Waals surface area contributed by atoms with Crippen LogP contribution in [0.3, 0.4) is 0 Å². The number of nitrogens with zero attached hydrogens (tertiary/aromatic N) is 4. The first-order valence-electron chi connectivity index (χ1n) is 15.3. The second-order valence-corrected chi connectivity index (χ2v) is 14.4. The van der Waals surface area contributed by atoms with E-state index in [1.54, 1.807) is 0 Å². The Morgan fingerprint density at radius 2 is 1.84 bits per heavy atom. The number of piperidine rings is 1. The smallest absolute Gasteiger partial charge is 0.337 e. The van der Waals surface area contributed by atoms with Gasteiger partial charge in [0.05, 0.1) is 46.5 Å². The molecule has 11 heteroatoms. The van der Waals surface area contributed by atoms with Gasteiger partial charge in [-0.3, -0.25) is 10.00 Å². The number of carbonyl (C=O) groups is 1. The summed E-state index contributed by atoms with van der Waals surface area (Å²) in [7, 11) is 0. The molecular weight excluding hydrogens is 610 g/mol. The molecule has 2 aromatic carbocycles. The summed E-state index contributed by atoms with van der Waals surface area (Å²) in [4.78, 5) is 25.4. The second-order valence-electron chi connectivity index (χ2n) is 13.0. The van der Waals surface area contributed by atoms with Crippen molar-refractivity contribution in [2.24, 2.45) is 0 Å². The average Bonchev–Trinajstić information content (AvgIpc) is 3.59. The van der Waals surface area contributed by atoms with Gasteiger partial charge in [-0.15, -0.1) is 11.3 Å². The minimum Gasteiger partial charge on any atom is -0.479 e. The van der Waals surface area contributed by atoms with E-state index < -0.39 is 17.7 Å². The van der Waals surface area contributed by atoms with E-state index in [9.17, 15) is 9.90 Å². The standard InChI is InChI=1S/C34H36ClN5O4S/c1-18-15-25-31(27(19-5-7-21(35)8-6-19)26(18)30(33(41)42)44-34(2,3)4)45-32(37-25)24-10-9-23-29(36-24)28(39-38-23)20-11-13-40(14-12-20)22-16-43-17-22/h5-10,15,20,22,30H,11-14,16-17H2,1-4H3,(H,38,39)(H,41,42)/t30-/m0/s1. The summed E-state index contributed by atoms with van der Waals surface area (Å²) in [6.45, 7) is 11.3. The maximum atomic E-state index is 12.7. The molecule has 0 aliphatic carbocycles. The molecule has 5 aromatic rings. The van der Waals surface area contributed by atoms with Gasteiger partial charge in [0.15, 0.2) is 6.10 Å². The van der Waals surface area contributed by atoms with Crippen LogP contribution in [0.15, 0.2) is 42.5 Å². The van der Waals surface area contributed by atoms with Crippen molar-refractivity contribution in [2.45, 2.75) is 64.2 Å². The van der Waals surface area contributed by atoms with Crippen molar-refractivity contribution >= 4 is 50.2 Å². The number of H-pyrrole nitrogens is 1. The molecule has 1 atom stereocenters. The maximum absolute atomic E-state index is 12.7. The predicted molar refractivity (Wildman–Crippen MR) is 177 cm³/mol. The third-order valence-corrected chi connectivity index (χ3v) is 10.1. The zero-order valence-corrected chi connectivity index (χ0v) is 27.3. The lowest BCUT2D eigenvalue weighted by atomic mass is 9.91. The lowest BCUT2D eigenvalue weighted by molar-refractivity contribution is -0.160. The number of thiazole rings is 1. The fourth-order valence-electron chi connectivity index (χ4n) is 6.45. The van der Waals surface area contributed by atoms with Crippen molar-refractivity contribution in [2.75, 3.05) is 26.3 Å². The Hall–Kier alpha value is -3.41. The summed E-state index contributed by atoms with van der Waals surface area (Å²) >= 11 is 7.76. The number of likely N-dealkylation sites (tertiary alicyclic amines) is 1. The van der Waals surface area contributed by atoms with Gasteiger partial charge >= 0.3 is 5.97 Å². The Kier molecular flexibility index (Phi) is 7.90. The fourth-order valence-corrected chi connectivity index (χ4v) is 7.67. The molecule has 3 aromatic heterocycles. The van der Waals surface area contributed by atoms with Crippen molar-refractivity contribution in [3.8, 4) is 21.8 Å². The molecule has 2 saturated heterocycles. The number of nitrogens with one attached hydrogen (secondary N) is 1. The molecule has 7 rings (SSSR count). The van der Waals surface area contributed by atoms with Crippen molar-refractivity contribution in [1.82, 2.24) is 25.1 Å². The zero-order chi connectivity index (χ0) is 31.5. The highest BCUT2D eigenvalue weighted by Crippen LogP contribution is 2.44. The van der Waals surface area contributed by atoms with Gasteiger partial charge in [0.25, 0.3) is 0 Å². The van der Waals surface area contributed by atoms with Crippen LogP contribution in [0, 0.1) is 6.92 Å². The summed E-state index contributed by atoms with van der Waals surface area (Å²) in [6.07, 6.45) is 0.931. The van der Waals surface area contributed by atoms with Gasteiger partial charge < -0.3 is 14.6 Å². The summed E-state index contributed by atoms with van der Waals surface area (Å²) in [5.41, 5.74) is 6.72. The van der Waals surface area contributed by atoms with Gasteiger partial charge in [0, 0.05) is 22.1 Å². The van der Waals surface area contributed by atoms with E-state index in [4.69, 9.17) is 31.0 Å². The number of carboxylic acid groups (broad SMARTS) is 1. The highest BCUT2D eigenvalue weighted by atomic mass is 35.5. The molecule has 0 radical (unpaired) electrons. The molecule has 2 aliphatic rings. The first kappa shape index (κ1) is 30.3. The Morgan fingerprint density at radius 1 is 1.11 bits per heavy atom. The minimum absolute atomic E-state index is 0.364. The number of aliphatic carboxylic acids is 1. The van der Waals surface area contributed by atoms with Gasteiger partial charge in [0.2, 0.25) is 0 Å². The van der Waals surface area contributed by atoms with Gasteiger partial charge in [-0.25, -0.2) is 14.8 Å². The zero-order valence-electron chi connectivity index (χ0n) is 25.8. The monoisotopic (exact) mass is 645 g/mol. The van der Waals surface area contributed by atoms with Crippen LogP contribution in [0.5, 0.6) is 0 Å². The van der Waals surface area contributed by atoms with E-state index >= 15 is 0 Å². The van der Waals surface area contributed by atoms with Gasteiger partial charge in [0.1, 0.15) is 16.0 Å². The van der Waals surface area contributed by atoms with Crippen molar-refractivity contribution in [1.29, 1.82) is 0 Å².